The number of carbonyl (C=O) groups is 2. The van der Waals surface area contributed by atoms with E-state index in [-0.39, 0.29) is 21.2 Å². The third-order valence-corrected chi connectivity index (χ3v) is 7.23. The zero-order valence-electron chi connectivity index (χ0n) is 16.1. The molecule has 0 aliphatic rings. The number of nitrogens with one attached hydrogen (secondary N) is 2. The second kappa shape index (κ2) is 8.63. The number of aromatic nitrogens is 3. The lowest BCUT2D eigenvalue weighted by molar-refractivity contribution is 0.0955. The highest BCUT2D eigenvalue weighted by molar-refractivity contribution is 7.93. The van der Waals surface area contributed by atoms with Crippen molar-refractivity contribution in [3.05, 3.63) is 47.4 Å². The molecule has 0 spiro atoms. The van der Waals surface area contributed by atoms with Crippen LogP contribution in [0, 0.1) is 0 Å². The van der Waals surface area contributed by atoms with Gasteiger partial charge in [-0.25, -0.2) is 18.2 Å². The number of amides is 2. The van der Waals surface area contributed by atoms with E-state index >= 15 is 0 Å². The van der Waals surface area contributed by atoms with Gasteiger partial charge in [-0.2, -0.15) is 5.10 Å². The number of hydrogen-bond acceptors (Lipinski definition) is 7. The maximum atomic E-state index is 13.2. The van der Waals surface area contributed by atoms with Crippen molar-refractivity contribution in [3.63, 3.8) is 0 Å². The Morgan fingerprint density at radius 3 is 2.57 bits per heavy atom. The van der Waals surface area contributed by atoms with Crippen LogP contribution in [-0.2, 0) is 23.4 Å². The van der Waals surface area contributed by atoms with Gasteiger partial charge in [-0.3, -0.25) is 9.48 Å². The third-order valence-electron chi connectivity index (χ3n) is 4.04. The highest BCUT2D eigenvalue weighted by Gasteiger charge is 2.24. The maximum Gasteiger partial charge on any atom is 0.405 e. The van der Waals surface area contributed by atoms with Crippen molar-refractivity contribution in [2.24, 2.45) is 7.05 Å². The predicted molar refractivity (Wildman–Crippen MR) is 109 cm³/mol. The molecule has 2 aromatic heterocycles. The van der Waals surface area contributed by atoms with Crippen molar-refractivity contribution in [2.75, 3.05) is 6.54 Å². The van der Waals surface area contributed by atoms with Gasteiger partial charge < -0.3 is 15.7 Å². The molecule has 10 nitrogen and oxygen atoms in total. The molecule has 0 aliphatic carbocycles. The minimum absolute atomic E-state index is 0.0464. The van der Waals surface area contributed by atoms with E-state index in [1.54, 1.807) is 37.1 Å². The van der Waals surface area contributed by atoms with Gasteiger partial charge in [0.05, 0.1) is 23.8 Å². The highest BCUT2D eigenvalue weighted by Crippen LogP contribution is 2.30. The molecule has 0 saturated carbocycles. The van der Waals surface area contributed by atoms with Gasteiger partial charge in [0.2, 0.25) is 9.84 Å². The number of nitrogens with zero attached hydrogens (tertiary/aromatic N) is 3. The number of sulfone groups is 1. The first kappa shape index (κ1) is 21.5. The summed E-state index contributed by atoms with van der Waals surface area (Å²) in [6.07, 6.45) is 3.25. The summed E-state index contributed by atoms with van der Waals surface area (Å²) >= 11 is 0.865. The lowest BCUT2D eigenvalue weighted by Gasteiger charge is -2.09. The van der Waals surface area contributed by atoms with E-state index in [1.807, 2.05) is 0 Å². The Morgan fingerprint density at radius 1 is 1.17 bits per heavy atom. The quantitative estimate of drug-likeness (QED) is 0.500. The largest absolute Gasteiger partial charge is 0.465 e. The first-order valence-electron chi connectivity index (χ1n) is 8.79. The van der Waals surface area contributed by atoms with E-state index in [1.165, 1.54) is 18.3 Å². The number of hydrogen-bond donors (Lipinski definition) is 3. The van der Waals surface area contributed by atoms with E-state index in [4.69, 9.17) is 5.11 Å². The lowest BCUT2D eigenvalue weighted by Crippen LogP contribution is -2.23. The first-order chi connectivity index (χ1) is 14.2. The zero-order valence-corrected chi connectivity index (χ0v) is 17.7. The topological polar surface area (TPSA) is 143 Å². The van der Waals surface area contributed by atoms with E-state index in [0.29, 0.717) is 22.7 Å². The van der Waals surface area contributed by atoms with Gasteiger partial charge in [0.25, 0.3) is 5.91 Å². The summed E-state index contributed by atoms with van der Waals surface area (Å²) in [5, 5.41) is 17.9. The number of benzene rings is 1. The summed E-state index contributed by atoms with van der Waals surface area (Å²) in [6, 6.07) is 4.40. The molecular formula is C18H19N5O5S2. The Bertz CT molecular complexity index is 1200. The molecule has 2 heterocycles. The Labute approximate surface area is 176 Å². The first-order valence-corrected chi connectivity index (χ1v) is 11.1. The molecule has 0 fully saturated rings. The number of carbonyl (C=O) groups excluding carboxylic acids is 1. The van der Waals surface area contributed by atoms with Crippen molar-refractivity contribution in [1.82, 2.24) is 25.4 Å². The molecule has 158 valence electrons. The van der Waals surface area contributed by atoms with Gasteiger partial charge in [0, 0.05) is 30.9 Å². The molecule has 0 aliphatic heterocycles. The molecule has 12 heteroatoms. The van der Waals surface area contributed by atoms with Crippen LogP contribution in [0.3, 0.4) is 0 Å². The van der Waals surface area contributed by atoms with Crippen LogP contribution in [0.5, 0.6) is 0 Å². The molecule has 0 radical (unpaired) electrons. The Kier molecular flexibility index (Phi) is 6.17. The fourth-order valence-corrected chi connectivity index (χ4v) is 5.24. The summed E-state index contributed by atoms with van der Waals surface area (Å²) in [4.78, 5) is 26.9. The maximum absolute atomic E-state index is 13.2. The van der Waals surface area contributed by atoms with Gasteiger partial charge in [0.15, 0.2) is 0 Å². The molecule has 30 heavy (non-hydrogen) atoms. The van der Waals surface area contributed by atoms with E-state index in [2.05, 4.69) is 20.7 Å². The van der Waals surface area contributed by atoms with Crippen LogP contribution >= 0.6 is 11.3 Å². The van der Waals surface area contributed by atoms with Crippen molar-refractivity contribution in [1.29, 1.82) is 0 Å². The van der Waals surface area contributed by atoms with Crippen molar-refractivity contribution >= 4 is 33.2 Å². The van der Waals surface area contributed by atoms with Crippen LogP contribution in [0.4, 0.5) is 4.79 Å². The van der Waals surface area contributed by atoms with Gasteiger partial charge in [-0.1, -0.05) is 0 Å². The Morgan fingerprint density at radius 2 is 1.93 bits per heavy atom. The van der Waals surface area contributed by atoms with E-state index in [0.717, 1.165) is 11.3 Å². The summed E-state index contributed by atoms with van der Waals surface area (Å²) < 4.78 is 27.9. The van der Waals surface area contributed by atoms with Crippen LogP contribution in [0.25, 0.3) is 11.1 Å². The smallest absolute Gasteiger partial charge is 0.405 e. The number of thiazole rings is 1. The molecule has 0 atom stereocenters. The average molecular weight is 450 g/mol. The Hall–Kier alpha value is -3.25. The monoisotopic (exact) mass is 449 g/mol. The summed E-state index contributed by atoms with van der Waals surface area (Å²) in [7, 11) is -2.24. The molecule has 1 aromatic carbocycles. The minimum Gasteiger partial charge on any atom is -0.465 e. The predicted octanol–water partition coefficient (Wildman–Crippen LogP) is 1.89. The summed E-state index contributed by atoms with van der Waals surface area (Å²) in [6.45, 7) is 2.06. The van der Waals surface area contributed by atoms with E-state index < -0.39 is 21.8 Å². The van der Waals surface area contributed by atoms with Gasteiger partial charge in [-0.15, -0.1) is 11.3 Å². The van der Waals surface area contributed by atoms with Crippen molar-refractivity contribution in [2.45, 2.75) is 22.6 Å². The van der Waals surface area contributed by atoms with Gasteiger partial charge >= 0.3 is 6.09 Å². The van der Waals surface area contributed by atoms with E-state index in [9.17, 15) is 18.0 Å². The van der Waals surface area contributed by atoms with Gasteiger partial charge in [-0.05, 0) is 30.7 Å². The number of rotatable bonds is 7. The van der Waals surface area contributed by atoms with Crippen LogP contribution in [0.1, 0.15) is 22.3 Å². The lowest BCUT2D eigenvalue weighted by atomic mass is 10.1. The summed E-state index contributed by atoms with van der Waals surface area (Å²) in [5.74, 6) is -0.393. The number of carboxylic acid groups (broad SMARTS) is 1. The SMILES string of the molecule is CCNC(=O)c1cc(-c2cnn(C)c2)cc(S(=O)(=O)c2cnc(CNC(=O)O)s2)c1. The molecule has 2 amide bonds. The standard InChI is InChI=1S/C18H19N5O5S2/c1-3-19-17(24)12-4-11(13-7-22-23(2)10-13)5-14(6-12)30(27,28)16-9-20-15(29-16)8-21-18(25)26/h4-7,9-10,21H,3,8H2,1-2H3,(H,19,24)(H,25,26). The number of aryl methyl sites for hydroxylation is 1. The summed E-state index contributed by atoms with van der Waals surface area (Å²) in [5.41, 5.74) is 1.40. The van der Waals surface area contributed by atoms with Crippen LogP contribution in [0.15, 0.2) is 45.9 Å². The average Bonchev–Trinajstić information content (AvgIpc) is 3.35. The van der Waals surface area contributed by atoms with Crippen molar-refractivity contribution < 1.29 is 23.1 Å². The van der Waals surface area contributed by atoms with Gasteiger partial charge in [0.1, 0.15) is 9.22 Å². The van der Waals surface area contributed by atoms with Crippen LogP contribution in [0.2, 0.25) is 0 Å². The zero-order chi connectivity index (χ0) is 21.9. The second-order valence-corrected chi connectivity index (χ2v) is 9.54. The molecule has 3 rings (SSSR count). The molecular weight excluding hydrogens is 430 g/mol. The highest BCUT2D eigenvalue weighted by atomic mass is 32.2. The molecule has 3 aromatic rings. The fraction of sp³-hybridized carbons (Fsp3) is 0.222. The molecule has 3 N–H and O–H groups in total. The van der Waals surface area contributed by atoms with Crippen LogP contribution in [-0.4, -0.2) is 46.8 Å². The fourth-order valence-electron chi connectivity index (χ4n) is 2.65. The molecule has 0 unspecified atom stereocenters. The van der Waals surface area contributed by atoms with Crippen molar-refractivity contribution in [3.8, 4) is 11.1 Å². The van der Waals surface area contributed by atoms with Crippen LogP contribution < -0.4 is 10.6 Å². The third kappa shape index (κ3) is 4.66. The molecule has 0 bridgehead atoms. The minimum atomic E-state index is -3.98. The second-order valence-electron chi connectivity index (χ2n) is 6.24. The Balaban J connectivity index is 2.05. The normalized spacial score (nSPS) is 11.3. The molecule has 0 saturated heterocycles.